The number of allylic oxidation sites excluding steroid dienone is 3. The van der Waals surface area contributed by atoms with E-state index in [4.69, 9.17) is 0 Å². The van der Waals surface area contributed by atoms with Crippen LogP contribution in [0.15, 0.2) is 30.0 Å². The van der Waals surface area contributed by atoms with Crippen molar-refractivity contribution in [3.63, 3.8) is 0 Å². The third-order valence-corrected chi connectivity index (χ3v) is 3.03. The summed E-state index contributed by atoms with van der Waals surface area (Å²) in [6.45, 7) is 1.30. The summed E-state index contributed by atoms with van der Waals surface area (Å²) in [4.78, 5) is 11.7. The third-order valence-electron chi connectivity index (χ3n) is 3.03. The van der Waals surface area contributed by atoms with Crippen molar-refractivity contribution in [1.82, 2.24) is 0 Å². The normalized spacial score (nSPS) is 18.9. The highest BCUT2D eigenvalue weighted by Crippen LogP contribution is 2.34. The fourth-order valence-corrected chi connectivity index (χ4v) is 1.99. The number of hydrogen-bond donors (Lipinski definition) is 0. The van der Waals surface area contributed by atoms with Gasteiger partial charge in [-0.15, -0.1) is 13.2 Å². The summed E-state index contributed by atoms with van der Waals surface area (Å²) in [5, 5.41) is 0. The Labute approximate surface area is 120 Å². The number of alkyl halides is 3. The van der Waals surface area contributed by atoms with Gasteiger partial charge in [0.15, 0.2) is 17.4 Å². The molecule has 0 fully saturated rings. The summed E-state index contributed by atoms with van der Waals surface area (Å²) in [5.74, 6) is -6.68. The first-order chi connectivity index (χ1) is 10.1. The lowest BCUT2D eigenvalue weighted by molar-refractivity contribution is -0.303. The predicted octanol–water partition coefficient (Wildman–Crippen LogP) is 4.13. The molecular formula is C14H8F6O2. The first-order valence-electron chi connectivity index (χ1n) is 5.96. The van der Waals surface area contributed by atoms with Gasteiger partial charge in [-0.1, -0.05) is 6.92 Å². The molecule has 1 aliphatic carbocycles. The fraction of sp³-hybridized carbons (Fsp3) is 0.214. The summed E-state index contributed by atoms with van der Waals surface area (Å²) >= 11 is 0. The zero-order chi connectivity index (χ0) is 16.7. The van der Waals surface area contributed by atoms with Gasteiger partial charge in [0.2, 0.25) is 0 Å². The van der Waals surface area contributed by atoms with Crippen LogP contribution in [0, 0.1) is 23.4 Å². The van der Waals surface area contributed by atoms with Crippen LogP contribution in [0.25, 0.3) is 5.57 Å². The minimum Gasteiger partial charge on any atom is -0.406 e. The van der Waals surface area contributed by atoms with Crippen LogP contribution in [0.5, 0.6) is 0 Å². The van der Waals surface area contributed by atoms with Crippen LogP contribution in [0.3, 0.4) is 0 Å². The second kappa shape index (κ2) is 5.51. The Bertz CT molecular complexity index is 687. The van der Waals surface area contributed by atoms with Gasteiger partial charge >= 0.3 is 6.36 Å². The van der Waals surface area contributed by atoms with Crippen molar-refractivity contribution in [1.29, 1.82) is 0 Å². The molecular weight excluding hydrogens is 314 g/mol. The summed E-state index contributed by atoms with van der Waals surface area (Å²) in [6, 6.07) is 0.738. The molecule has 0 amide bonds. The number of ether oxygens (including phenoxy) is 1. The molecule has 0 radical (unpaired) electrons. The van der Waals surface area contributed by atoms with E-state index in [2.05, 4.69) is 4.74 Å². The minimum absolute atomic E-state index is 0.233. The van der Waals surface area contributed by atoms with Gasteiger partial charge in [0.25, 0.3) is 0 Å². The van der Waals surface area contributed by atoms with Gasteiger partial charge in [-0.05, 0) is 17.7 Å². The topological polar surface area (TPSA) is 26.3 Å². The average molecular weight is 322 g/mol. The SMILES string of the molecule is CC1C(=O)C=C(OC(F)(F)F)C=C1c1cc(F)c(F)cc1F. The molecule has 1 unspecified atom stereocenters. The molecule has 0 aliphatic heterocycles. The molecule has 1 aromatic carbocycles. The number of ketones is 1. The molecule has 8 heteroatoms. The lowest BCUT2D eigenvalue weighted by atomic mass is 9.86. The monoisotopic (exact) mass is 322 g/mol. The number of carbonyl (C=O) groups is 1. The number of carbonyl (C=O) groups excluding carboxylic acids is 1. The lowest BCUT2D eigenvalue weighted by Gasteiger charge is -2.21. The van der Waals surface area contributed by atoms with Gasteiger partial charge in [-0.3, -0.25) is 4.79 Å². The molecule has 0 N–H and O–H groups in total. The molecule has 1 aliphatic rings. The highest BCUT2D eigenvalue weighted by molar-refractivity contribution is 6.03. The molecule has 0 saturated carbocycles. The molecule has 0 bridgehead atoms. The van der Waals surface area contributed by atoms with Crippen LogP contribution in [0.1, 0.15) is 12.5 Å². The first kappa shape index (κ1) is 16.1. The largest absolute Gasteiger partial charge is 0.573 e. The van der Waals surface area contributed by atoms with Crippen LogP contribution < -0.4 is 0 Å². The van der Waals surface area contributed by atoms with E-state index < -0.39 is 46.8 Å². The zero-order valence-corrected chi connectivity index (χ0v) is 11.0. The highest BCUT2D eigenvalue weighted by atomic mass is 19.4. The predicted molar refractivity (Wildman–Crippen MR) is 63.7 cm³/mol. The maximum Gasteiger partial charge on any atom is 0.573 e. The minimum atomic E-state index is -5.04. The molecule has 0 spiro atoms. The van der Waals surface area contributed by atoms with Gasteiger partial charge in [0.05, 0.1) is 0 Å². The molecule has 0 heterocycles. The Balaban J connectivity index is 2.50. The summed E-state index contributed by atoms with van der Waals surface area (Å²) in [5.41, 5.74) is -0.737. The van der Waals surface area contributed by atoms with Crippen molar-refractivity contribution >= 4 is 11.4 Å². The smallest absolute Gasteiger partial charge is 0.406 e. The fourth-order valence-electron chi connectivity index (χ4n) is 1.99. The maximum atomic E-state index is 13.7. The van der Waals surface area contributed by atoms with E-state index in [9.17, 15) is 31.1 Å². The molecule has 2 nitrogen and oxygen atoms in total. The second-order valence-corrected chi connectivity index (χ2v) is 4.56. The van der Waals surface area contributed by atoms with Crippen molar-refractivity contribution in [3.8, 4) is 0 Å². The first-order valence-corrected chi connectivity index (χ1v) is 5.96. The summed E-state index contributed by atoms with van der Waals surface area (Å²) in [7, 11) is 0. The molecule has 0 aromatic heterocycles. The van der Waals surface area contributed by atoms with Crippen LogP contribution in [0.4, 0.5) is 26.3 Å². The van der Waals surface area contributed by atoms with E-state index in [1.54, 1.807) is 0 Å². The number of halogens is 6. The van der Waals surface area contributed by atoms with Gasteiger partial charge in [-0.25, -0.2) is 13.2 Å². The van der Waals surface area contributed by atoms with Crippen molar-refractivity contribution < 1.29 is 35.9 Å². The summed E-state index contributed by atoms with van der Waals surface area (Å²) < 4.78 is 80.1. The Morgan fingerprint density at radius 1 is 1.00 bits per heavy atom. The van der Waals surface area contributed by atoms with Crippen molar-refractivity contribution in [3.05, 3.63) is 53.1 Å². The summed E-state index contributed by atoms with van der Waals surface area (Å²) in [6.07, 6.45) is -3.66. The van der Waals surface area contributed by atoms with Crippen molar-refractivity contribution in [2.45, 2.75) is 13.3 Å². The average Bonchev–Trinajstić information content (AvgIpc) is 2.36. The lowest BCUT2D eigenvalue weighted by Crippen LogP contribution is -2.20. The van der Waals surface area contributed by atoms with Crippen LogP contribution in [0.2, 0.25) is 0 Å². The quantitative estimate of drug-likeness (QED) is 0.605. The Morgan fingerprint density at radius 3 is 2.18 bits per heavy atom. The Hall–Kier alpha value is -2.25. The zero-order valence-electron chi connectivity index (χ0n) is 11.0. The van der Waals surface area contributed by atoms with Crippen LogP contribution in [-0.4, -0.2) is 12.1 Å². The Morgan fingerprint density at radius 2 is 1.59 bits per heavy atom. The molecule has 22 heavy (non-hydrogen) atoms. The van der Waals surface area contributed by atoms with Gasteiger partial charge in [-0.2, -0.15) is 0 Å². The maximum absolute atomic E-state index is 13.7. The van der Waals surface area contributed by atoms with Crippen LogP contribution >= 0.6 is 0 Å². The molecule has 0 saturated heterocycles. The molecule has 1 atom stereocenters. The van der Waals surface area contributed by atoms with Gasteiger partial charge < -0.3 is 4.74 Å². The van der Waals surface area contributed by atoms with E-state index in [0.29, 0.717) is 12.1 Å². The van der Waals surface area contributed by atoms with Crippen molar-refractivity contribution in [2.75, 3.05) is 0 Å². The van der Waals surface area contributed by atoms with Gasteiger partial charge in [0.1, 0.15) is 11.6 Å². The molecule has 118 valence electrons. The molecule has 2 rings (SSSR count). The van der Waals surface area contributed by atoms with Crippen LogP contribution in [-0.2, 0) is 9.53 Å². The number of benzene rings is 1. The van der Waals surface area contributed by atoms with E-state index in [1.165, 1.54) is 6.92 Å². The standard InChI is InChI=1S/C14H8F6O2/c1-6-8(9-4-11(16)12(17)5-10(9)15)2-7(3-13(6)21)22-14(18,19)20/h2-6H,1H3. The molecule has 1 aromatic rings. The van der Waals surface area contributed by atoms with Gasteiger partial charge in [0, 0.05) is 23.6 Å². The Kier molecular flexibility index (Phi) is 4.04. The second-order valence-electron chi connectivity index (χ2n) is 4.56. The van der Waals surface area contributed by atoms with E-state index >= 15 is 0 Å². The van der Waals surface area contributed by atoms with E-state index in [-0.39, 0.29) is 11.6 Å². The van der Waals surface area contributed by atoms with E-state index in [1.807, 2.05) is 0 Å². The third kappa shape index (κ3) is 3.32. The number of rotatable bonds is 2. The number of hydrogen-bond acceptors (Lipinski definition) is 2. The highest BCUT2D eigenvalue weighted by Gasteiger charge is 2.34. The van der Waals surface area contributed by atoms with Crippen molar-refractivity contribution in [2.24, 2.45) is 5.92 Å². The van der Waals surface area contributed by atoms with E-state index in [0.717, 1.165) is 6.08 Å².